The van der Waals surface area contributed by atoms with Gasteiger partial charge in [0.25, 0.3) is 5.69 Å². The summed E-state index contributed by atoms with van der Waals surface area (Å²) in [4.78, 5) is 21.1. The minimum Gasteiger partial charge on any atom is -0.494 e. The summed E-state index contributed by atoms with van der Waals surface area (Å²) in [5.74, 6) is -0.0867. The molecule has 8 heteroatoms. The van der Waals surface area contributed by atoms with Crippen LogP contribution in [-0.4, -0.2) is 56.5 Å². The Bertz CT molecular complexity index is 1390. The average Bonchev–Trinajstić information content (AvgIpc) is 3.23. The molecular weight excluding hydrogens is 456 g/mol. The van der Waals surface area contributed by atoms with E-state index in [9.17, 15) is 20.3 Å². The molecule has 8 nitrogen and oxygen atoms in total. The van der Waals surface area contributed by atoms with Gasteiger partial charge in [0.05, 0.1) is 28.0 Å². The number of nitrogens with one attached hydrogen (secondary N) is 1. The number of benzene rings is 3. The molecule has 3 N–H and O–H groups in total. The molecule has 1 saturated heterocycles. The van der Waals surface area contributed by atoms with Crippen molar-refractivity contribution in [1.82, 2.24) is 9.88 Å². The number of non-ortho nitro benzene ring substituents is 1. The number of hydrogen-bond acceptors (Lipinski definition) is 6. The van der Waals surface area contributed by atoms with Gasteiger partial charge in [0, 0.05) is 48.2 Å². The molecule has 4 aromatic rings. The molecule has 3 aromatic carbocycles. The standard InChI is InChI=1S/C28H28N4O4/c33-23-13-16-31(17-14-23)15-12-19-6-8-21(9-7-19)29-27(20-4-2-1-3-5-20)26-24-18-22(32(35)36)10-11-25(24)30-28(26)34/h1-11,18,23,30,33-34H,12-17H2. The van der Waals surface area contributed by atoms with Crippen LogP contribution in [0.25, 0.3) is 10.9 Å². The predicted molar refractivity (Wildman–Crippen MR) is 140 cm³/mol. The molecule has 184 valence electrons. The zero-order chi connectivity index (χ0) is 25.1. The van der Waals surface area contributed by atoms with Crippen LogP contribution >= 0.6 is 0 Å². The molecule has 5 rings (SSSR count). The topological polar surface area (TPSA) is 115 Å². The number of nitro benzene ring substituents is 1. The fourth-order valence-electron chi connectivity index (χ4n) is 4.68. The third kappa shape index (κ3) is 5.15. The van der Waals surface area contributed by atoms with E-state index >= 15 is 0 Å². The van der Waals surface area contributed by atoms with Crippen molar-refractivity contribution < 1.29 is 15.1 Å². The number of aliphatic hydroxyl groups is 1. The van der Waals surface area contributed by atoms with Crippen molar-refractivity contribution in [1.29, 1.82) is 0 Å². The summed E-state index contributed by atoms with van der Waals surface area (Å²) in [6, 6.07) is 22.0. The number of aliphatic imine (C=N–C) groups is 1. The fraction of sp³-hybridized carbons (Fsp3) is 0.250. The van der Waals surface area contributed by atoms with Gasteiger partial charge < -0.3 is 20.1 Å². The van der Waals surface area contributed by atoms with E-state index in [0.29, 0.717) is 22.2 Å². The number of likely N-dealkylation sites (tertiary alicyclic amines) is 1. The van der Waals surface area contributed by atoms with Crippen molar-refractivity contribution in [3.05, 3.63) is 99.6 Å². The Kier molecular flexibility index (Phi) is 6.79. The summed E-state index contributed by atoms with van der Waals surface area (Å²) in [5.41, 5.74) is 4.21. The third-order valence-electron chi connectivity index (χ3n) is 6.71. The van der Waals surface area contributed by atoms with Crippen LogP contribution < -0.4 is 0 Å². The van der Waals surface area contributed by atoms with Gasteiger partial charge in [-0.25, -0.2) is 4.99 Å². The summed E-state index contributed by atoms with van der Waals surface area (Å²) in [5, 5.41) is 32.4. The number of fused-ring (bicyclic) bond motifs is 1. The number of nitrogens with zero attached hydrogens (tertiary/aromatic N) is 3. The first-order valence-corrected chi connectivity index (χ1v) is 12.1. The average molecular weight is 485 g/mol. The summed E-state index contributed by atoms with van der Waals surface area (Å²) in [6.45, 7) is 2.80. The largest absolute Gasteiger partial charge is 0.494 e. The van der Waals surface area contributed by atoms with Crippen LogP contribution in [0.4, 0.5) is 11.4 Å². The van der Waals surface area contributed by atoms with Gasteiger partial charge in [0.15, 0.2) is 5.88 Å². The van der Waals surface area contributed by atoms with Crippen LogP contribution in [0, 0.1) is 10.1 Å². The lowest BCUT2D eigenvalue weighted by molar-refractivity contribution is -0.384. The van der Waals surface area contributed by atoms with E-state index in [-0.39, 0.29) is 17.7 Å². The highest BCUT2D eigenvalue weighted by Gasteiger charge is 2.21. The van der Waals surface area contributed by atoms with Crippen LogP contribution in [0.1, 0.15) is 29.5 Å². The van der Waals surface area contributed by atoms with Gasteiger partial charge in [-0.15, -0.1) is 0 Å². The van der Waals surface area contributed by atoms with Gasteiger partial charge in [-0.1, -0.05) is 42.5 Å². The molecule has 0 spiro atoms. The molecule has 0 radical (unpaired) electrons. The quantitative estimate of drug-likeness (QED) is 0.195. The molecule has 0 atom stereocenters. The van der Waals surface area contributed by atoms with Gasteiger partial charge in [-0.05, 0) is 43.0 Å². The first-order chi connectivity index (χ1) is 17.5. The zero-order valence-electron chi connectivity index (χ0n) is 19.8. The van der Waals surface area contributed by atoms with E-state index < -0.39 is 4.92 Å². The van der Waals surface area contributed by atoms with Gasteiger partial charge in [0.2, 0.25) is 0 Å². The number of piperidine rings is 1. The van der Waals surface area contributed by atoms with Crippen molar-refractivity contribution in [3.8, 4) is 5.88 Å². The van der Waals surface area contributed by atoms with Gasteiger partial charge in [-0.2, -0.15) is 0 Å². The molecule has 0 bridgehead atoms. The highest BCUT2D eigenvalue weighted by atomic mass is 16.6. The number of aliphatic hydroxyl groups excluding tert-OH is 1. The smallest absolute Gasteiger partial charge is 0.270 e. The molecule has 36 heavy (non-hydrogen) atoms. The summed E-state index contributed by atoms with van der Waals surface area (Å²) in [6.07, 6.45) is 2.41. The highest BCUT2D eigenvalue weighted by Crippen LogP contribution is 2.33. The maximum atomic E-state index is 11.4. The van der Waals surface area contributed by atoms with E-state index in [1.54, 1.807) is 6.07 Å². The van der Waals surface area contributed by atoms with E-state index in [1.165, 1.54) is 17.7 Å². The number of rotatable bonds is 7. The Balaban J connectivity index is 1.47. The lowest BCUT2D eigenvalue weighted by atomic mass is 10.0. The summed E-state index contributed by atoms with van der Waals surface area (Å²) < 4.78 is 0. The number of hydrogen-bond donors (Lipinski definition) is 3. The van der Waals surface area contributed by atoms with E-state index in [1.807, 2.05) is 42.5 Å². The molecule has 0 unspecified atom stereocenters. The lowest BCUT2D eigenvalue weighted by Crippen LogP contribution is -2.37. The number of aromatic amines is 1. The SMILES string of the molecule is O=[N+]([O-])c1ccc2[nH]c(O)c(C(=Nc3ccc(CCN4CCC(O)CC4)cc3)c3ccccc3)c2c1. The minimum atomic E-state index is -0.447. The predicted octanol–water partition coefficient (Wildman–Crippen LogP) is 4.95. The molecule has 0 amide bonds. The van der Waals surface area contributed by atoms with Gasteiger partial charge in [0.1, 0.15) is 0 Å². The van der Waals surface area contributed by atoms with E-state index in [0.717, 1.165) is 50.1 Å². The van der Waals surface area contributed by atoms with Crippen molar-refractivity contribution in [3.63, 3.8) is 0 Å². The fourth-order valence-corrected chi connectivity index (χ4v) is 4.68. The Hall–Kier alpha value is -4.01. The van der Waals surface area contributed by atoms with Crippen molar-refractivity contribution >= 4 is 28.0 Å². The second kappa shape index (κ2) is 10.3. The van der Waals surface area contributed by atoms with Crippen LogP contribution in [-0.2, 0) is 6.42 Å². The molecule has 0 aliphatic carbocycles. The second-order valence-corrected chi connectivity index (χ2v) is 9.15. The monoisotopic (exact) mass is 484 g/mol. The summed E-state index contributed by atoms with van der Waals surface area (Å²) >= 11 is 0. The Morgan fingerprint density at radius 1 is 1.06 bits per heavy atom. The van der Waals surface area contributed by atoms with Gasteiger partial charge in [-0.3, -0.25) is 10.1 Å². The van der Waals surface area contributed by atoms with Crippen LogP contribution in [0.3, 0.4) is 0 Å². The third-order valence-corrected chi connectivity index (χ3v) is 6.71. The zero-order valence-corrected chi connectivity index (χ0v) is 19.8. The molecule has 1 aromatic heterocycles. The number of H-pyrrole nitrogens is 1. The summed E-state index contributed by atoms with van der Waals surface area (Å²) in [7, 11) is 0. The maximum absolute atomic E-state index is 11.4. The molecule has 2 heterocycles. The Labute approximate surface area is 208 Å². The number of aromatic hydroxyl groups is 1. The Morgan fingerprint density at radius 3 is 2.47 bits per heavy atom. The van der Waals surface area contributed by atoms with Crippen molar-refractivity contribution in [2.24, 2.45) is 4.99 Å². The lowest BCUT2D eigenvalue weighted by Gasteiger charge is -2.29. The number of aromatic nitrogens is 1. The maximum Gasteiger partial charge on any atom is 0.270 e. The second-order valence-electron chi connectivity index (χ2n) is 9.15. The normalized spacial score (nSPS) is 15.4. The van der Waals surface area contributed by atoms with E-state index in [2.05, 4.69) is 22.0 Å². The van der Waals surface area contributed by atoms with Crippen molar-refractivity contribution in [2.45, 2.75) is 25.4 Å². The molecule has 1 fully saturated rings. The highest BCUT2D eigenvalue weighted by molar-refractivity contribution is 6.22. The van der Waals surface area contributed by atoms with Crippen LogP contribution in [0.5, 0.6) is 5.88 Å². The number of nitro groups is 1. The Morgan fingerprint density at radius 2 is 1.78 bits per heavy atom. The molecule has 1 aliphatic heterocycles. The molecular formula is C28H28N4O4. The minimum absolute atomic E-state index is 0.0530. The van der Waals surface area contributed by atoms with Crippen molar-refractivity contribution in [2.75, 3.05) is 19.6 Å². The molecule has 1 aliphatic rings. The van der Waals surface area contributed by atoms with Gasteiger partial charge >= 0.3 is 0 Å². The van der Waals surface area contributed by atoms with Crippen LogP contribution in [0.2, 0.25) is 0 Å². The van der Waals surface area contributed by atoms with Crippen LogP contribution in [0.15, 0.2) is 77.8 Å². The first kappa shape index (κ1) is 23.7. The molecule has 0 saturated carbocycles. The first-order valence-electron chi connectivity index (χ1n) is 12.1. The van der Waals surface area contributed by atoms with E-state index in [4.69, 9.17) is 4.99 Å².